The Labute approximate surface area is 153 Å². The summed E-state index contributed by atoms with van der Waals surface area (Å²) in [5.41, 5.74) is 2.75. The van der Waals surface area contributed by atoms with Crippen molar-refractivity contribution in [2.45, 2.75) is 31.8 Å². The summed E-state index contributed by atoms with van der Waals surface area (Å²) in [5.74, 6) is 2.05. The van der Waals surface area contributed by atoms with Gasteiger partial charge in [0.25, 0.3) is 5.91 Å². The third-order valence-corrected chi connectivity index (χ3v) is 4.78. The van der Waals surface area contributed by atoms with Crippen molar-refractivity contribution in [2.75, 3.05) is 19.8 Å². The molecule has 5 heteroatoms. The molecule has 0 radical (unpaired) electrons. The number of ether oxygens (including phenoxy) is 3. The Morgan fingerprint density at radius 3 is 2.77 bits per heavy atom. The summed E-state index contributed by atoms with van der Waals surface area (Å²) in [6.45, 7) is 0.812. The summed E-state index contributed by atoms with van der Waals surface area (Å²) in [6.07, 6.45) is 4.52. The maximum Gasteiger partial charge on any atom is 0.258 e. The molecule has 2 aromatic rings. The number of benzene rings is 2. The Bertz CT molecular complexity index is 789. The van der Waals surface area contributed by atoms with Crippen molar-refractivity contribution in [3.05, 3.63) is 53.6 Å². The van der Waals surface area contributed by atoms with Crippen molar-refractivity contribution >= 4 is 5.91 Å². The van der Waals surface area contributed by atoms with Crippen LogP contribution in [-0.2, 0) is 17.6 Å². The lowest BCUT2D eigenvalue weighted by Crippen LogP contribution is -2.42. The molecular formula is C21H23NO4. The topological polar surface area (TPSA) is 56.8 Å². The van der Waals surface area contributed by atoms with Crippen molar-refractivity contribution in [3.63, 3.8) is 0 Å². The third kappa shape index (κ3) is 3.93. The summed E-state index contributed by atoms with van der Waals surface area (Å²) in [7, 11) is 0. The van der Waals surface area contributed by atoms with Crippen LogP contribution in [0.25, 0.3) is 0 Å². The molecule has 0 bridgehead atoms. The predicted octanol–water partition coefficient (Wildman–Crippen LogP) is 2.90. The van der Waals surface area contributed by atoms with Gasteiger partial charge in [0.1, 0.15) is 18.5 Å². The number of hydrogen-bond donors (Lipinski definition) is 1. The number of hydrogen-bond acceptors (Lipinski definition) is 4. The van der Waals surface area contributed by atoms with Crippen molar-refractivity contribution in [2.24, 2.45) is 0 Å². The van der Waals surface area contributed by atoms with Crippen LogP contribution in [0.15, 0.2) is 42.5 Å². The molecule has 1 N–H and O–H groups in total. The lowest BCUT2D eigenvalue weighted by molar-refractivity contribution is -0.123. The number of rotatable bonds is 5. The van der Waals surface area contributed by atoms with E-state index in [1.807, 2.05) is 30.3 Å². The lowest BCUT2D eigenvalue weighted by Gasteiger charge is -2.26. The Morgan fingerprint density at radius 2 is 1.88 bits per heavy atom. The highest BCUT2D eigenvalue weighted by Gasteiger charge is 2.21. The average molecular weight is 353 g/mol. The summed E-state index contributed by atoms with van der Waals surface area (Å²) in [5, 5.41) is 2.85. The van der Waals surface area contributed by atoms with E-state index in [0.29, 0.717) is 18.9 Å². The number of nitrogens with one attached hydrogen (secondary N) is 1. The number of para-hydroxylation sites is 2. The third-order valence-electron chi connectivity index (χ3n) is 4.78. The first-order valence-corrected chi connectivity index (χ1v) is 9.18. The smallest absolute Gasteiger partial charge is 0.258 e. The normalized spacial score (nSPS) is 17.9. The maximum atomic E-state index is 12.1. The molecule has 5 nitrogen and oxygen atoms in total. The monoisotopic (exact) mass is 353 g/mol. The maximum absolute atomic E-state index is 12.1. The molecule has 136 valence electrons. The van der Waals surface area contributed by atoms with Gasteiger partial charge in [0, 0.05) is 0 Å². The van der Waals surface area contributed by atoms with E-state index in [2.05, 4.69) is 17.4 Å². The van der Waals surface area contributed by atoms with Gasteiger partial charge in [-0.25, -0.2) is 0 Å². The fourth-order valence-electron chi connectivity index (χ4n) is 3.39. The van der Waals surface area contributed by atoms with E-state index in [-0.39, 0.29) is 18.6 Å². The molecule has 2 aliphatic rings. The van der Waals surface area contributed by atoms with Crippen LogP contribution in [0.1, 0.15) is 24.0 Å². The fraction of sp³-hybridized carbons (Fsp3) is 0.381. The van der Waals surface area contributed by atoms with Crippen LogP contribution in [0.2, 0.25) is 0 Å². The zero-order chi connectivity index (χ0) is 17.8. The van der Waals surface area contributed by atoms with Crippen LogP contribution in [0.4, 0.5) is 0 Å². The van der Waals surface area contributed by atoms with Gasteiger partial charge < -0.3 is 19.5 Å². The van der Waals surface area contributed by atoms with Gasteiger partial charge in [0.05, 0.1) is 6.54 Å². The first kappa shape index (κ1) is 16.8. The van der Waals surface area contributed by atoms with E-state index in [1.165, 1.54) is 24.0 Å². The SMILES string of the molecule is O=C(COc1ccc2c(c1)CCCC2)NC[C@@H]1COc2ccccc2O1. The van der Waals surface area contributed by atoms with E-state index >= 15 is 0 Å². The number of carbonyl (C=O) groups excluding carboxylic acids is 1. The molecule has 2 aromatic carbocycles. The van der Waals surface area contributed by atoms with Gasteiger partial charge >= 0.3 is 0 Å². The number of fused-ring (bicyclic) bond motifs is 2. The second kappa shape index (κ2) is 7.68. The standard InChI is InChI=1S/C21H23NO4/c23-21(14-24-17-10-9-15-5-1-2-6-16(15)11-17)22-12-18-13-25-19-7-3-4-8-20(19)26-18/h3-4,7-11,18H,1-2,5-6,12-14H2,(H,22,23)/t18-/m1/s1. The number of amides is 1. The highest BCUT2D eigenvalue weighted by atomic mass is 16.6. The summed E-state index contributed by atoms with van der Waals surface area (Å²) in [6, 6.07) is 13.7. The quantitative estimate of drug-likeness (QED) is 0.898. The Morgan fingerprint density at radius 1 is 1.08 bits per heavy atom. The first-order valence-electron chi connectivity index (χ1n) is 9.18. The van der Waals surface area contributed by atoms with E-state index < -0.39 is 0 Å². The van der Waals surface area contributed by atoms with E-state index in [0.717, 1.165) is 24.3 Å². The van der Waals surface area contributed by atoms with Gasteiger partial charge in [-0.05, 0) is 61.1 Å². The first-order chi connectivity index (χ1) is 12.8. The van der Waals surface area contributed by atoms with Crippen LogP contribution in [-0.4, -0.2) is 31.8 Å². The molecule has 1 heterocycles. The zero-order valence-corrected chi connectivity index (χ0v) is 14.7. The molecule has 0 spiro atoms. The van der Waals surface area contributed by atoms with E-state index in [4.69, 9.17) is 14.2 Å². The molecule has 0 saturated carbocycles. The highest BCUT2D eigenvalue weighted by molar-refractivity contribution is 5.77. The Kier molecular flexibility index (Phi) is 4.95. The van der Waals surface area contributed by atoms with E-state index in [1.54, 1.807) is 0 Å². The van der Waals surface area contributed by atoms with Gasteiger partial charge in [-0.15, -0.1) is 0 Å². The molecule has 0 saturated heterocycles. The van der Waals surface area contributed by atoms with Crippen molar-refractivity contribution in [1.82, 2.24) is 5.32 Å². The number of aryl methyl sites for hydroxylation is 2. The van der Waals surface area contributed by atoms with Gasteiger partial charge in [-0.2, -0.15) is 0 Å². The van der Waals surface area contributed by atoms with Gasteiger partial charge in [0.15, 0.2) is 18.1 Å². The molecule has 4 rings (SSSR count). The fourth-order valence-corrected chi connectivity index (χ4v) is 3.39. The summed E-state index contributed by atoms with van der Waals surface area (Å²) in [4.78, 5) is 12.1. The van der Waals surface area contributed by atoms with Gasteiger partial charge in [-0.1, -0.05) is 18.2 Å². The minimum atomic E-state index is -0.197. The largest absolute Gasteiger partial charge is 0.486 e. The minimum Gasteiger partial charge on any atom is -0.486 e. The second-order valence-corrected chi connectivity index (χ2v) is 6.73. The molecule has 1 aliphatic heterocycles. The van der Waals surface area contributed by atoms with Crippen LogP contribution >= 0.6 is 0 Å². The number of carbonyl (C=O) groups is 1. The molecule has 0 fully saturated rings. The molecule has 1 amide bonds. The molecule has 1 aliphatic carbocycles. The van der Waals surface area contributed by atoms with Crippen molar-refractivity contribution in [1.29, 1.82) is 0 Å². The zero-order valence-electron chi connectivity index (χ0n) is 14.7. The van der Waals surface area contributed by atoms with Crippen molar-refractivity contribution in [3.8, 4) is 17.2 Å². The van der Waals surface area contributed by atoms with Crippen molar-refractivity contribution < 1.29 is 19.0 Å². The molecule has 0 aromatic heterocycles. The van der Waals surface area contributed by atoms with Crippen LogP contribution in [0.3, 0.4) is 0 Å². The molecule has 1 atom stereocenters. The van der Waals surface area contributed by atoms with Gasteiger partial charge in [0.2, 0.25) is 0 Å². The predicted molar refractivity (Wildman–Crippen MR) is 97.9 cm³/mol. The minimum absolute atomic E-state index is 0.00293. The Balaban J connectivity index is 1.24. The summed E-state index contributed by atoms with van der Waals surface area (Å²) >= 11 is 0. The average Bonchev–Trinajstić information content (AvgIpc) is 2.70. The van der Waals surface area contributed by atoms with Crippen LogP contribution < -0.4 is 19.5 Å². The molecule has 0 unspecified atom stereocenters. The summed E-state index contributed by atoms with van der Waals surface area (Å²) < 4.78 is 17.1. The molecule has 26 heavy (non-hydrogen) atoms. The van der Waals surface area contributed by atoms with E-state index in [9.17, 15) is 4.79 Å². The molecular weight excluding hydrogens is 330 g/mol. The Hall–Kier alpha value is -2.69. The van der Waals surface area contributed by atoms with Crippen LogP contribution in [0, 0.1) is 0 Å². The highest BCUT2D eigenvalue weighted by Crippen LogP contribution is 2.30. The lowest BCUT2D eigenvalue weighted by atomic mass is 9.92. The van der Waals surface area contributed by atoms with Gasteiger partial charge in [-0.3, -0.25) is 4.79 Å². The van der Waals surface area contributed by atoms with Crippen LogP contribution in [0.5, 0.6) is 17.2 Å². The second-order valence-electron chi connectivity index (χ2n) is 6.73.